The van der Waals surface area contributed by atoms with Crippen molar-refractivity contribution >= 4 is 39.9 Å². The van der Waals surface area contributed by atoms with Gasteiger partial charge in [0.2, 0.25) is 0 Å². The summed E-state index contributed by atoms with van der Waals surface area (Å²) in [7, 11) is 0. The van der Waals surface area contributed by atoms with Crippen LogP contribution in [0.25, 0.3) is 5.69 Å². The van der Waals surface area contributed by atoms with E-state index in [1.165, 1.54) is 11.3 Å². The Labute approximate surface area is 303 Å². The van der Waals surface area contributed by atoms with Gasteiger partial charge in [0.1, 0.15) is 5.69 Å². The minimum absolute atomic E-state index is 0.136. The molecule has 51 heavy (non-hydrogen) atoms. The van der Waals surface area contributed by atoms with Crippen molar-refractivity contribution in [2.45, 2.75) is 65.5 Å². The molecule has 1 saturated heterocycles. The topological polar surface area (TPSA) is 133 Å². The molecule has 2 N–H and O–H groups in total. The molecular formula is C38H47N7O5S. The van der Waals surface area contributed by atoms with Crippen LogP contribution >= 0.6 is 11.3 Å². The summed E-state index contributed by atoms with van der Waals surface area (Å²) in [6.07, 6.45) is 4.28. The monoisotopic (exact) mass is 713 g/mol. The van der Waals surface area contributed by atoms with E-state index in [4.69, 9.17) is 9.84 Å². The Morgan fingerprint density at radius 3 is 2.43 bits per heavy atom. The summed E-state index contributed by atoms with van der Waals surface area (Å²) >= 11 is 1.41. The van der Waals surface area contributed by atoms with Crippen LogP contribution in [-0.4, -0.2) is 99.4 Å². The van der Waals surface area contributed by atoms with Crippen LogP contribution in [-0.2, 0) is 17.7 Å². The third kappa shape index (κ3) is 8.16. The largest absolute Gasteiger partial charge is 0.394 e. The molecule has 4 aromatic rings. The number of unbranched alkanes of at least 4 members (excludes halogenated alkanes) is 2. The highest BCUT2D eigenvalue weighted by Gasteiger charge is 2.32. The van der Waals surface area contributed by atoms with E-state index in [-0.39, 0.29) is 35.6 Å². The Kier molecular flexibility index (Phi) is 11.8. The number of aryl methyl sites for hydroxylation is 1. The van der Waals surface area contributed by atoms with Crippen LogP contribution < -0.4 is 10.2 Å². The van der Waals surface area contributed by atoms with Crippen molar-refractivity contribution in [2.75, 3.05) is 56.2 Å². The van der Waals surface area contributed by atoms with E-state index in [0.717, 1.165) is 41.9 Å². The van der Waals surface area contributed by atoms with Crippen LogP contribution in [0.4, 0.5) is 10.8 Å². The van der Waals surface area contributed by atoms with Crippen molar-refractivity contribution < 1.29 is 24.2 Å². The second-order valence-corrected chi connectivity index (χ2v) is 14.0. The molecule has 13 heteroatoms. The number of aromatic nitrogens is 3. The molecule has 3 amide bonds. The zero-order valence-corrected chi connectivity index (χ0v) is 30.5. The summed E-state index contributed by atoms with van der Waals surface area (Å²) in [4.78, 5) is 52.0. The number of rotatable bonds is 13. The highest BCUT2D eigenvalue weighted by atomic mass is 32.1. The standard InChI is InChI=1S/C38H47N7O5S/c1-4-6-14-42(15-7-5-2)37(49)32-20-26(3)45(41-32)34-13-12-29(39-35(47)33-25-51-38(40-33)43-16-18-50-19-17-43)22-31(34)36(48)44-23-28-11-9-8-10-27(28)21-30(44)24-46/h8-13,20,22,25,30,46H,4-7,14-19,21,23-24H2,1-3H3,(H,39,47). The van der Waals surface area contributed by atoms with E-state index in [2.05, 4.69) is 29.0 Å². The molecule has 0 spiro atoms. The molecule has 2 aromatic carbocycles. The predicted molar refractivity (Wildman–Crippen MR) is 198 cm³/mol. The third-order valence-corrected chi connectivity index (χ3v) is 10.4. The first-order valence-corrected chi connectivity index (χ1v) is 18.8. The minimum Gasteiger partial charge on any atom is -0.394 e. The van der Waals surface area contributed by atoms with Gasteiger partial charge in [0.05, 0.1) is 37.1 Å². The quantitative estimate of drug-likeness (QED) is 0.190. The molecule has 270 valence electrons. The maximum atomic E-state index is 14.6. The van der Waals surface area contributed by atoms with E-state index in [1.807, 2.05) is 36.1 Å². The molecule has 12 nitrogen and oxygen atoms in total. The van der Waals surface area contributed by atoms with Crippen LogP contribution in [0.15, 0.2) is 53.9 Å². The first-order chi connectivity index (χ1) is 24.8. The molecule has 2 aromatic heterocycles. The number of aliphatic hydroxyl groups excluding tert-OH is 1. The smallest absolute Gasteiger partial charge is 0.275 e. The van der Waals surface area contributed by atoms with Crippen molar-refractivity contribution in [3.8, 4) is 5.69 Å². The number of hydrogen-bond donors (Lipinski definition) is 2. The molecule has 4 heterocycles. The number of amides is 3. The van der Waals surface area contributed by atoms with Crippen molar-refractivity contribution in [3.63, 3.8) is 0 Å². The molecular weight excluding hydrogens is 667 g/mol. The molecule has 0 radical (unpaired) electrons. The number of morpholine rings is 1. The lowest BCUT2D eigenvalue weighted by atomic mass is 9.93. The molecule has 0 saturated carbocycles. The lowest BCUT2D eigenvalue weighted by Crippen LogP contribution is -2.46. The van der Waals surface area contributed by atoms with E-state index in [1.54, 1.807) is 39.2 Å². The normalized spacial score (nSPS) is 15.8. The van der Waals surface area contributed by atoms with Gasteiger partial charge in [0.25, 0.3) is 17.7 Å². The van der Waals surface area contributed by atoms with Crippen LogP contribution in [0.1, 0.15) is 87.7 Å². The molecule has 1 fully saturated rings. The third-order valence-electron chi connectivity index (χ3n) is 9.50. The Balaban J connectivity index is 1.34. The number of anilines is 2. The Morgan fingerprint density at radius 2 is 1.73 bits per heavy atom. The van der Waals surface area contributed by atoms with Gasteiger partial charge in [-0.25, -0.2) is 9.67 Å². The van der Waals surface area contributed by atoms with E-state index < -0.39 is 6.04 Å². The highest BCUT2D eigenvalue weighted by Crippen LogP contribution is 2.30. The Hall–Kier alpha value is -4.59. The first-order valence-electron chi connectivity index (χ1n) is 17.9. The summed E-state index contributed by atoms with van der Waals surface area (Å²) in [6, 6.07) is 14.4. The van der Waals surface area contributed by atoms with Gasteiger partial charge in [-0.2, -0.15) is 5.10 Å². The number of thiazole rings is 1. The highest BCUT2D eigenvalue weighted by molar-refractivity contribution is 7.14. The summed E-state index contributed by atoms with van der Waals surface area (Å²) in [5.74, 6) is -0.837. The molecule has 1 unspecified atom stereocenters. The lowest BCUT2D eigenvalue weighted by Gasteiger charge is -2.36. The zero-order chi connectivity index (χ0) is 35.9. The zero-order valence-electron chi connectivity index (χ0n) is 29.6. The van der Waals surface area contributed by atoms with Crippen molar-refractivity contribution in [1.82, 2.24) is 24.6 Å². The number of aliphatic hydroxyl groups is 1. The molecule has 2 aliphatic heterocycles. The van der Waals surface area contributed by atoms with E-state index >= 15 is 0 Å². The number of benzene rings is 2. The van der Waals surface area contributed by atoms with Gasteiger partial charge in [-0.15, -0.1) is 11.3 Å². The number of fused-ring (bicyclic) bond motifs is 1. The summed E-state index contributed by atoms with van der Waals surface area (Å²) < 4.78 is 7.08. The first kappa shape index (κ1) is 36.2. The molecule has 6 rings (SSSR count). The van der Waals surface area contributed by atoms with Crippen LogP contribution in [0.5, 0.6) is 0 Å². The average Bonchev–Trinajstić information content (AvgIpc) is 3.82. The molecule has 0 bridgehead atoms. The van der Waals surface area contributed by atoms with Gasteiger partial charge >= 0.3 is 0 Å². The van der Waals surface area contributed by atoms with Gasteiger partial charge in [-0.1, -0.05) is 51.0 Å². The van der Waals surface area contributed by atoms with E-state index in [0.29, 0.717) is 75.1 Å². The van der Waals surface area contributed by atoms with Crippen LogP contribution in [0.2, 0.25) is 0 Å². The number of ether oxygens (including phenoxy) is 1. The molecule has 0 aliphatic carbocycles. The molecule has 1 atom stereocenters. The van der Waals surface area contributed by atoms with Gasteiger partial charge in [-0.05, 0) is 61.6 Å². The van der Waals surface area contributed by atoms with Crippen molar-refractivity contribution in [1.29, 1.82) is 0 Å². The average molecular weight is 714 g/mol. The summed E-state index contributed by atoms with van der Waals surface area (Å²) in [6.45, 7) is 10.2. The van der Waals surface area contributed by atoms with Gasteiger partial charge in [0.15, 0.2) is 10.8 Å². The van der Waals surface area contributed by atoms with Crippen molar-refractivity contribution in [2.24, 2.45) is 0 Å². The Bertz CT molecular complexity index is 1840. The van der Waals surface area contributed by atoms with Crippen molar-refractivity contribution in [3.05, 3.63) is 87.7 Å². The maximum absolute atomic E-state index is 14.6. The Morgan fingerprint density at radius 1 is 1.00 bits per heavy atom. The van der Waals surface area contributed by atoms with Crippen LogP contribution in [0, 0.1) is 6.92 Å². The predicted octanol–water partition coefficient (Wildman–Crippen LogP) is 5.33. The fraction of sp³-hybridized carbons (Fsp3) is 0.447. The lowest BCUT2D eigenvalue weighted by molar-refractivity contribution is 0.0544. The molecule has 2 aliphatic rings. The number of carbonyl (C=O) groups is 3. The summed E-state index contributed by atoms with van der Waals surface area (Å²) in [5.41, 5.74) is 4.59. The second-order valence-electron chi connectivity index (χ2n) is 13.1. The maximum Gasteiger partial charge on any atom is 0.275 e. The number of nitrogens with zero attached hydrogens (tertiary/aromatic N) is 6. The fourth-order valence-corrected chi connectivity index (χ4v) is 7.43. The number of hydrogen-bond acceptors (Lipinski definition) is 9. The summed E-state index contributed by atoms with van der Waals surface area (Å²) in [5, 5.41) is 20.6. The van der Waals surface area contributed by atoms with Gasteiger partial charge in [0, 0.05) is 49.5 Å². The minimum atomic E-state index is -0.436. The number of nitrogens with one attached hydrogen (secondary N) is 1. The number of carbonyl (C=O) groups excluding carboxylic acids is 3. The van der Waals surface area contributed by atoms with Gasteiger partial charge in [-0.3, -0.25) is 14.4 Å². The SMILES string of the molecule is CCCCN(CCCC)C(=O)c1cc(C)n(-c2ccc(NC(=O)c3csc(N4CCOCC4)n3)cc2C(=O)N2Cc3ccccc3CC2CO)n1. The second kappa shape index (κ2) is 16.6. The van der Waals surface area contributed by atoms with Crippen LogP contribution in [0.3, 0.4) is 0 Å². The fourth-order valence-electron chi connectivity index (χ4n) is 6.57. The van der Waals surface area contributed by atoms with Gasteiger partial charge < -0.3 is 29.9 Å². The van der Waals surface area contributed by atoms with E-state index in [9.17, 15) is 19.5 Å².